The SMILES string of the molecule is CC(OC(=O)c1cccc(N2C(=O)CCC2=O)c1)C(=O)Nc1ccccc1[N+](=O)[O-]. The summed E-state index contributed by atoms with van der Waals surface area (Å²) in [4.78, 5) is 59.9. The molecule has 0 aliphatic carbocycles. The third-order valence-electron chi connectivity index (χ3n) is 4.40. The van der Waals surface area contributed by atoms with Crippen LogP contribution in [0.4, 0.5) is 17.1 Å². The highest BCUT2D eigenvalue weighted by atomic mass is 16.6. The van der Waals surface area contributed by atoms with Crippen LogP contribution >= 0.6 is 0 Å². The monoisotopic (exact) mass is 411 g/mol. The van der Waals surface area contributed by atoms with Crippen molar-refractivity contribution in [2.75, 3.05) is 10.2 Å². The maximum Gasteiger partial charge on any atom is 0.338 e. The Kier molecular flexibility index (Phi) is 5.86. The van der Waals surface area contributed by atoms with E-state index < -0.39 is 22.9 Å². The first-order valence-corrected chi connectivity index (χ1v) is 8.99. The van der Waals surface area contributed by atoms with E-state index in [0.717, 1.165) is 4.90 Å². The van der Waals surface area contributed by atoms with Crippen molar-refractivity contribution < 1.29 is 28.8 Å². The van der Waals surface area contributed by atoms with Gasteiger partial charge in [-0.2, -0.15) is 0 Å². The summed E-state index contributed by atoms with van der Waals surface area (Å²) < 4.78 is 5.13. The lowest BCUT2D eigenvalue weighted by Gasteiger charge is -2.16. The number of para-hydroxylation sites is 2. The van der Waals surface area contributed by atoms with Crippen LogP contribution < -0.4 is 10.2 Å². The van der Waals surface area contributed by atoms with Crippen LogP contribution in [0.25, 0.3) is 0 Å². The van der Waals surface area contributed by atoms with E-state index in [2.05, 4.69) is 5.32 Å². The van der Waals surface area contributed by atoms with Crippen molar-refractivity contribution in [3.63, 3.8) is 0 Å². The number of anilines is 2. The lowest BCUT2D eigenvalue weighted by atomic mass is 10.2. The fourth-order valence-corrected chi connectivity index (χ4v) is 2.89. The fourth-order valence-electron chi connectivity index (χ4n) is 2.89. The van der Waals surface area contributed by atoms with Crippen molar-refractivity contribution in [3.8, 4) is 0 Å². The topological polar surface area (TPSA) is 136 Å². The number of esters is 1. The van der Waals surface area contributed by atoms with Crippen LogP contribution in [0.5, 0.6) is 0 Å². The number of carbonyl (C=O) groups excluding carboxylic acids is 4. The van der Waals surface area contributed by atoms with E-state index in [1.807, 2.05) is 0 Å². The van der Waals surface area contributed by atoms with Gasteiger partial charge in [0.25, 0.3) is 11.6 Å². The second-order valence-corrected chi connectivity index (χ2v) is 6.48. The van der Waals surface area contributed by atoms with Crippen LogP contribution in [-0.2, 0) is 19.1 Å². The molecule has 30 heavy (non-hydrogen) atoms. The predicted octanol–water partition coefficient (Wildman–Crippen LogP) is 2.43. The zero-order valence-electron chi connectivity index (χ0n) is 15.9. The third kappa shape index (κ3) is 4.32. The summed E-state index contributed by atoms with van der Waals surface area (Å²) in [5.74, 6) is -2.31. The second-order valence-electron chi connectivity index (χ2n) is 6.48. The molecule has 3 rings (SSSR count). The van der Waals surface area contributed by atoms with E-state index >= 15 is 0 Å². The molecule has 0 spiro atoms. The first kappa shape index (κ1) is 20.6. The molecular weight excluding hydrogens is 394 g/mol. The van der Waals surface area contributed by atoms with Crippen molar-refractivity contribution >= 4 is 40.8 Å². The van der Waals surface area contributed by atoms with Gasteiger partial charge in [-0.05, 0) is 31.2 Å². The summed E-state index contributed by atoms with van der Waals surface area (Å²) in [6, 6.07) is 11.3. The molecule has 0 bridgehead atoms. The number of benzene rings is 2. The van der Waals surface area contributed by atoms with E-state index in [0.29, 0.717) is 0 Å². The van der Waals surface area contributed by atoms with E-state index in [9.17, 15) is 29.3 Å². The average molecular weight is 411 g/mol. The summed E-state index contributed by atoms with van der Waals surface area (Å²) in [5, 5.41) is 13.4. The minimum absolute atomic E-state index is 0.0246. The highest BCUT2D eigenvalue weighted by Gasteiger charge is 2.31. The molecule has 1 atom stereocenters. The summed E-state index contributed by atoms with van der Waals surface area (Å²) >= 11 is 0. The summed E-state index contributed by atoms with van der Waals surface area (Å²) in [7, 11) is 0. The number of hydrogen-bond acceptors (Lipinski definition) is 7. The van der Waals surface area contributed by atoms with Crippen LogP contribution in [0.1, 0.15) is 30.1 Å². The molecule has 1 N–H and O–H groups in total. The molecule has 0 radical (unpaired) electrons. The van der Waals surface area contributed by atoms with Gasteiger partial charge in [-0.1, -0.05) is 18.2 Å². The number of ether oxygens (including phenoxy) is 1. The quantitative estimate of drug-likeness (QED) is 0.334. The van der Waals surface area contributed by atoms with Gasteiger partial charge in [0.15, 0.2) is 6.10 Å². The number of rotatable bonds is 6. The van der Waals surface area contributed by atoms with Gasteiger partial charge < -0.3 is 10.1 Å². The van der Waals surface area contributed by atoms with Crippen molar-refractivity contribution in [2.45, 2.75) is 25.9 Å². The zero-order valence-corrected chi connectivity index (χ0v) is 15.9. The number of nitrogens with zero attached hydrogens (tertiary/aromatic N) is 2. The number of nitro benzene ring substituents is 1. The van der Waals surface area contributed by atoms with Crippen LogP contribution in [0.2, 0.25) is 0 Å². The maximum absolute atomic E-state index is 12.4. The summed E-state index contributed by atoms with van der Waals surface area (Å²) in [6.07, 6.45) is -1.04. The first-order valence-electron chi connectivity index (χ1n) is 8.99. The Bertz CT molecular complexity index is 1030. The van der Waals surface area contributed by atoms with Crippen LogP contribution in [-0.4, -0.2) is 34.7 Å². The van der Waals surface area contributed by atoms with E-state index in [4.69, 9.17) is 4.74 Å². The smallest absolute Gasteiger partial charge is 0.338 e. The van der Waals surface area contributed by atoms with Gasteiger partial charge in [0.05, 0.1) is 16.2 Å². The van der Waals surface area contributed by atoms with E-state index in [1.165, 1.54) is 55.5 Å². The minimum Gasteiger partial charge on any atom is -0.449 e. The Morgan fingerprint density at radius 1 is 1.10 bits per heavy atom. The van der Waals surface area contributed by atoms with Crippen LogP contribution in [0.15, 0.2) is 48.5 Å². The largest absolute Gasteiger partial charge is 0.449 e. The molecule has 0 aromatic heterocycles. The molecule has 1 heterocycles. The van der Waals surface area contributed by atoms with Crippen LogP contribution in [0, 0.1) is 10.1 Å². The van der Waals surface area contributed by atoms with Gasteiger partial charge in [-0.15, -0.1) is 0 Å². The molecule has 1 aliphatic heterocycles. The molecule has 10 heteroatoms. The molecule has 0 saturated carbocycles. The highest BCUT2D eigenvalue weighted by Crippen LogP contribution is 2.25. The molecule has 10 nitrogen and oxygen atoms in total. The third-order valence-corrected chi connectivity index (χ3v) is 4.40. The van der Waals surface area contributed by atoms with Crippen molar-refractivity contribution in [3.05, 3.63) is 64.2 Å². The number of nitrogens with one attached hydrogen (secondary N) is 1. The second kappa shape index (κ2) is 8.52. The van der Waals surface area contributed by atoms with Gasteiger partial charge in [-0.3, -0.25) is 29.4 Å². The molecule has 2 aromatic carbocycles. The Labute approximate surface area is 170 Å². The van der Waals surface area contributed by atoms with Gasteiger partial charge in [0.2, 0.25) is 11.8 Å². The maximum atomic E-state index is 12.4. The Hall–Kier alpha value is -4.08. The highest BCUT2D eigenvalue weighted by molar-refractivity contribution is 6.20. The average Bonchev–Trinajstić information content (AvgIpc) is 3.06. The number of nitro groups is 1. The fraction of sp³-hybridized carbons (Fsp3) is 0.200. The standard InChI is InChI=1S/C20H17N3O7/c1-12(19(26)21-15-7-2-3-8-16(15)23(28)29)30-20(27)13-5-4-6-14(11-13)22-17(24)9-10-18(22)25/h2-8,11-12H,9-10H2,1H3,(H,21,26). The van der Waals surface area contributed by atoms with E-state index in [1.54, 1.807) is 0 Å². The number of imide groups is 1. The lowest BCUT2D eigenvalue weighted by Crippen LogP contribution is -2.31. The molecule has 3 amide bonds. The normalized spacial score (nSPS) is 14.4. The van der Waals surface area contributed by atoms with Gasteiger partial charge in [-0.25, -0.2) is 4.79 Å². The summed E-state index contributed by atoms with van der Waals surface area (Å²) in [5.41, 5.74) is -0.0280. The number of carbonyl (C=O) groups is 4. The lowest BCUT2D eigenvalue weighted by molar-refractivity contribution is -0.383. The Balaban J connectivity index is 1.69. The molecule has 1 aliphatic rings. The number of hydrogen-bond donors (Lipinski definition) is 1. The molecule has 1 fully saturated rings. The minimum atomic E-state index is -1.25. The van der Waals surface area contributed by atoms with Crippen molar-refractivity contribution in [1.29, 1.82) is 0 Å². The Morgan fingerprint density at radius 3 is 2.43 bits per heavy atom. The first-order chi connectivity index (χ1) is 14.3. The molecule has 1 unspecified atom stereocenters. The van der Waals surface area contributed by atoms with Crippen LogP contribution in [0.3, 0.4) is 0 Å². The predicted molar refractivity (Wildman–Crippen MR) is 105 cm³/mol. The van der Waals surface area contributed by atoms with Gasteiger partial charge >= 0.3 is 5.97 Å². The molecule has 1 saturated heterocycles. The molecule has 2 aromatic rings. The van der Waals surface area contributed by atoms with E-state index in [-0.39, 0.29) is 47.3 Å². The molecular formula is C20H17N3O7. The molecule has 154 valence electrons. The van der Waals surface area contributed by atoms with Gasteiger partial charge in [0.1, 0.15) is 5.69 Å². The Morgan fingerprint density at radius 2 is 1.77 bits per heavy atom. The number of amides is 3. The summed E-state index contributed by atoms with van der Waals surface area (Å²) in [6.45, 7) is 1.32. The zero-order chi connectivity index (χ0) is 21.8. The van der Waals surface area contributed by atoms with Crippen molar-refractivity contribution in [1.82, 2.24) is 0 Å². The van der Waals surface area contributed by atoms with Crippen molar-refractivity contribution in [2.24, 2.45) is 0 Å². The van der Waals surface area contributed by atoms with Gasteiger partial charge in [0, 0.05) is 18.9 Å².